The molecule has 0 heterocycles. The van der Waals surface area contributed by atoms with Gasteiger partial charge in [-0.1, -0.05) is 0 Å². The van der Waals surface area contributed by atoms with Gasteiger partial charge in [-0.3, -0.25) is 10.2 Å². The molecule has 7 heteroatoms. The van der Waals surface area contributed by atoms with E-state index in [2.05, 4.69) is 10.1 Å². The molecule has 0 aliphatic carbocycles. The Morgan fingerprint density at radius 2 is 1.94 bits per heavy atom. The van der Waals surface area contributed by atoms with E-state index >= 15 is 0 Å². The molecule has 0 fully saturated rings. The van der Waals surface area contributed by atoms with Gasteiger partial charge in [-0.05, 0) is 20.8 Å². The van der Waals surface area contributed by atoms with Crippen molar-refractivity contribution in [1.29, 1.82) is 5.41 Å². The third kappa shape index (κ3) is 8.79. The van der Waals surface area contributed by atoms with Crippen molar-refractivity contribution in [2.75, 3.05) is 6.54 Å². The maximum Gasteiger partial charge on any atom is 0.407 e. The molecular formula is C9H17N3O4. The van der Waals surface area contributed by atoms with E-state index in [0.29, 0.717) is 0 Å². The maximum atomic E-state index is 11.1. The van der Waals surface area contributed by atoms with Crippen molar-refractivity contribution in [2.45, 2.75) is 32.8 Å². The van der Waals surface area contributed by atoms with Crippen LogP contribution in [-0.4, -0.2) is 30.2 Å². The average Bonchev–Trinajstić information content (AvgIpc) is 1.98. The lowest BCUT2D eigenvalue weighted by Gasteiger charge is -2.19. The predicted octanol–water partition coefficient (Wildman–Crippen LogP) is 0.338. The van der Waals surface area contributed by atoms with Crippen molar-refractivity contribution in [1.82, 2.24) is 5.32 Å². The Morgan fingerprint density at radius 3 is 2.38 bits per heavy atom. The normalized spacial score (nSPS) is 10.4. The highest BCUT2D eigenvalue weighted by Gasteiger charge is 2.16. The standard InChI is InChI=1S/C9H17N3O4/c1-9(2,3)16-8(14)12-5-4-6(13)15-7(10)11/h4-5H2,1-3H3,(H3,10,11)(H,12,14). The van der Waals surface area contributed by atoms with Crippen LogP contribution in [0.5, 0.6) is 0 Å². The second-order valence-electron chi connectivity index (χ2n) is 4.02. The molecule has 0 bridgehead atoms. The van der Waals surface area contributed by atoms with Crippen LogP contribution in [0.1, 0.15) is 27.2 Å². The molecule has 1 amide bonds. The van der Waals surface area contributed by atoms with Crippen LogP contribution in [0.4, 0.5) is 4.79 Å². The lowest BCUT2D eigenvalue weighted by Crippen LogP contribution is -2.34. The molecule has 0 aliphatic heterocycles. The molecule has 0 aliphatic rings. The molecule has 4 N–H and O–H groups in total. The highest BCUT2D eigenvalue weighted by Crippen LogP contribution is 2.06. The number of amidine groups is 1. The monoisotopic (exact) mass is 231 g/mol. The number of amides is 1. The van der Waals surface area contributed by atoms with E-state index in [1.165, 1.54) is 0 Å². The number of carbonyl (C=O) groups is 2. The molecule has 0 rings (SSSR count). The lowest BCUT2D eigenvalue weighted by molar-refractivity contribution is -0.135. The van der Waals surface area contributed by atoms with E-state index in [1.54, 1.807) is 20.8 Å². The number of hydrogen-bond donors (Lipinski definition) is 3. The van der Waals surface area contributed by atoms with Gasteiger partial charge in [0, 0.05) is 6.54 Å². The van der Waals surface area contributed by atoms with Crippen molar-refractivity contribution in [3.8, 4) is 0 Å². The van der Waals surface area contributed by atoms with E-state index < -0.39 is 23.7 Å². The zero-order chi connectivity index (χ0) is 12.8. The quantitative estimate of drug-likeness (QED) is 0.368. The topological polar surface area (TPSA) is 114 Å². The van der Waals surface area contributed by atoms with E-state index in [4.69, 9.17) is 15.9 Å². The van der Waals surface area contributed by atoms with Crippen LogP contribution >= 0.6 is 0 Å². The van der Waals surface area contributed by atoms with Gasteiger partial charge in [-0.25, -0.2) is 4.79 Å². The van der Waals surface area contributed by atoms with Crippen LogP contribution in [0, 0.1) is 5.41 Å². The van der Waals surface area contributed by atoms with Crippen LogP contribution in [0.3, 0.4) is 0 Å². The van der Waals surface area contributed by atoms with Gasteiger partial charge in [0.25, 0.3) is 6.02 Å². The Morgan fingerprint density at radius 1 is 1.38 bits per heavy atom. The lowest BCUT2D eigenvalue weighted by atomic mass is 10.2. The van der Waals surface area contributed by atoms with Crippen molar-refractivity contribution < 1.29 is 19.1 Å². The first-order chi connectivity index (χ1) is 7.20. The predicted molar refractivity (Wildman–Crippen MR) is 56.9 cm³/mol. The molecule has 0 aromatic heterocycles. The SMILES string of the molecule is CC(C)(C)OC(=O)NCCC(=O)OC(=N)N. The Hall–Kier alpha value is -1.79. The highest BCUT2D eigenvalue weighted by atomic mass is 16.6. The summed E-state index contributed by atoms with van der Waals surface area (Å²) < 4.78 is 9.19. The zero-order valence-electron chi connectivity index (χ0n) is 9.62. The van der Waals surface area contributed by atoms with Gasteiger partial charge < -0.3 is 20.5 Å². The van der Waals surface area contributed by atoms with Gasteiger partial charge in [0.2, 0.25) is 0 Å². The number of ether oxygens (including phenoxy) is 2. The van der Waals surface area contributed by atoms with E-state index in [0.717, 1.165) is 0 Å². The first-order valence-corrected chi connectivity index (χ1v) is 4.72. The number of carbonyl (C=O) groups excluding carboxylic acids is 2. The molecule has 0 aromatic rings. The third-order valence-electron chi connectivity index (χ3n) is 1.22. The fourth-order valence-corrected chi connectivity index (χ4v) is 0.754. The number of esters is 1. The van der Waals surface area contributed by atoms with Crippen molar-refractivity contribution in [2.24, 2.45) is 5.73 Å². The second kappa shape index (κ2) is 5.94. The van der Waals surface area contributed by atoms with Gasteiger partial charge in [0.15, 0.2) is 0 Å². The highest BCUT2D eigenvalue weighted by molar-refractivity contribution is 5.85. The van der Waals surface area contributed by atoms with Crippen LogP contribution in [0.25, 0.3) is 0 Å². The molecule has 7 nitrogen and oxygen atoms in total. The molecule has 16 heavy (non-hydrogen) atoms. The number of alkyl carbamates (subject to hydrolysis) is 1. The summed E-state index contributed by atoms with van der Waals surface area (Å²) in [6.45, 7) is 5.27. The molecular weight excluding hydrogens is 214 g/mol. The summed E-state index contributed by atoms with van der Waals surface area (Å²) in [7, 11) is 0. The summed E-state index contributed by atoms with van der Waals surface area (Å²) in [4.78, 5) is 22.0. The number of nitrogens with two attached hydrogens (primary N) is 1. The van der Waals surface area contributed by atoms with Crippen LogP contribution in [0.2, 0.25) is 0 Å². The molecule has 0 saturated carbocycles. The fraction of sp³-hybridized carbons (Fsp3) is 0.667. The van der Waals surface area contributed by atoms with Crippen molar-refractivity contribution in [3.63, 3.8) is 0 Å². The summed E-state index contributed by atoms with van der Waals surface area (Å²) in [6, 6.07) is -0.665. The Bertz CT molecular complexity index is 283. The Labute approximate surface area is 93.8 Å². The van der Waals surface area contributed by atoms with Gasteiger partial charge in [0.05, 0.1) is 6.42 Å². The minimum Gasteiger partial charge on any atom is -0.444 e. The molecule has 92 valence electrons. The van der Waals surface area contributed by atoms with E-state index in [-0.39, 0.29) is 13.0 Å². The van der Waals surface area contributed by atoms with E-state index in [1.807, 2.05) is 0 Å². The summed E-state index contributed by atoms with van der Waals surface area (Å²) in [5, 5.41) is 9.06. The number of hydrogen-bond acceptors (Lipinski definition) is 5. The van der Waals surface area contributed by atoms with Crippen LogP contribution < -0.4 is 11.1 Å². The minimum absolute atomic E-state index is 0.0705. The summed E-state index contributed by atoms with van der Waals surface area (Å²) >= 11 is 0. The van der Waals surface area contributed by atoms with Crippen molar-refractivity contribution in [3.05, 3.63) is 0 Å². The smallest absolute Gasteiger partial charge is 0.407 e. The molecule has 0 unspecified atom stereocenters. The fourth-order valence-electron chi connectivity index (χ4n) is 0.754. The van der Waals surface area contributed by atoms with Gasteiger partial charge in [-0.2, -0.15) is 0 Å². The molecule has 0 saturated heterocycles. The Balaban J connectivity index is 3.70. The number of rotatable bonds is 3. The summed E-state index contributed by atoms with van der Waals surface area (Å²) in [5.41, 5.74) is 4.26. The summed E-state index contributed by atoms with van der Waals surface area (Å²) in [6.07, 6.45) is -0.679. The zero-order valence-corrected chi connectivity index (χ0v) is 9.62. The minimum atomic E-state index is -0.677. The van der Waals surface area contributed by atoms with Crippen LogP contribution in [-0.2, 0) is 14.3 Å². The first kappa shape index (κ1) is 14.2. The molecule has 0 radical (unpaired) electrons. The van der Waals surface area contributed by atoms with Gasteiger partial charge in [-0.15, -0.1) is 0 Å². The second-order valence-corrected chi connectivity index (χ2v) is 4.02. The maximum absolute atomic E-state index is 11.1. The van der Waals surface area contributed by atoms with Crippen molar-refractivity contribution >= 4 is 18.1 Å². The van der Waals surface area contributed by atoms with E-state index in [9.17, 15) is 9.59 Å². The molecule has 0 aromatic carbocycles. The average molecular weight is 231 g/mol. The Kier molecular flexibility index (Phi) is 5.27. The molecule has 0 spiro atoms. The third-order valence-corrected chi connectivity index (χ3v) is 1.22. The van der Waals surface area contributed by atoms with Gasteiger partial charge >= 0.3 is 12.1 Å². The molecule has 0 atom stereocenters. The van der Waals surface area contributed by atoms with Gasteiger partial charge in [0.1, 0.15) is 5.60 Å². The number of nitrogens with one attached hydrogen (secondary N) is 2. The summed E-state index contributed by atoms with van der Waals surface area (Å²) in [5.74, 6) is -0.677. The largest absolute Gasteiger partial charge is 0.444 e. The van der Waals surface area contributed by atoms with Crippen LogP contribution in [0.15, 0.2) is 0 Å². The first-order valence-electron chi connectivity index (χ1n) is 4.72.